The molecule has 0 saturated heterocycles. The Labute approximate surface area is 382 Å². The van der Waals surface area contributed by atoms with Crippen molar-refractivity contribution in [3.05, 3.63) is 161 Å². The third-order valence-corrected chi connectivity index (χ3v) is 12.9. The maximum absolute atomic E-state index is 14.9. The lowest BCUT2D eigenvalue weighted by atomic mass is 9.55. The maximum Gasteiger partial charge on any atom is 0.416 e. The van der Waals surface area contributed by atoms with Crippen LogP contribution in [0.5, 0.6) is 23.0 Å². The number of amides is 1. The van der Waals surface area contributed by atoms with Crippen molar-refractivity contribution >= 4 is 28.3 Å². The molecule has 0 bridgehead atoms. The van der Waals surface area contributed by atoms with Crippen molar-refractivity contribution in [2.75, 3.05) is 26.9 Å². The molecule has 13 nitrogen and oxygen atoms in total. The molecule has 8 rings (SSSR count). The SMILES string of the molecule is C=CCO[C@@]12Oc3ccc(Oc4ccc5ccccc5c4)cc3[C@H]3[C@H](CCCCO)[C@@H](CCCCO)C=C(C(=NOC)C[C@@H]1N(Cc1ccc(F)cc1)C(=O)Oc1ccc([N+](=O)[O-])cc1)[C@H]32. The van der Waals surface area contributed by atoms with E-state index >= 15 is 0 Å². The van der Waals surface area contributed by atoms with Gasteiger partial charge in [0, 0.05) is 49.8 Å². The molecule has 2 N–H and O–H groups in total. The van der Waals surface area contributed by atoms with Gasteiger partial charge in [-0.05, 0) is 114 Å². The zero-order valence-corrected chi connectivity index (χ0v) is 36.8. The van der Waals surface area contributed by atoms with Crippen LogP contribution in [-0.4, -0.2) is 70.6 Å². The van der Waals surface area contributed by atoms with Gasteiger partial charge in [0.1, 0.15) is 42.0 Å². The monoisotopic (exact) mass is 899 g/mol. The third-order valence-electron chi connectivity index (χ3n) is 12.9. The Morgan fingerprint density at radius 3 is 2.33 bits per heavy atom. The number of benzene rings is 5. The second-order valence-corrected chi connectivity index (χ2v) is 16.9. The van der Waals surface area contributed by atoms with E-state index in [1.807, 2.05) is 60.7 Å². The van der Waals surface area contributed by atoms with E-state index in [9.17, 15) is 29.5 Å². The van der Waals surface area contributed by atoms with Crippen LogP contribution in [0.3, 0.4) is 0 Å². The summed E-state index contributed by atoms with van der Waals surface area (Å²) in [4.78, 5) is 32.9. The smallest absolute Gasteiger partial charge is 0.416 e. The first kappa shape index (κ1) is 45.9. The van der Waals surface area contributed by atoms with Crippen LogP contribution in [0.25, 0.3) is 10.8 Å². The van der Waals surface area contributed by atoms with Gasteiger partial charge < -0.3 is 34.0 Å². The number of halogens is 1. The number of allylic oxidation sites excluding steroid dienone is 1. The molecule has 0 radical (unpaired) electrons. The molecule has 0 unspecified atom stereocenters. The molecule has 1 saturated carbocycles. The number of rotatable bonds is 19. The Bertz CT molecular complexity index is 2580. The van der Waals surface area contributed by atoms with E-state index in [1.54, 1.807) is 18.2 Å². The van der Waals surface area contributed by atoms with E-state index < -0.39 is 34.6 Å². The van der Waals surface area contributed by atoms with Gasteiger partial charge in [-0.1, -0.05) is 72.6 Å². The van der Waals surface area contributed by atoms with Crippen LogP contribution in [0.1, 0.15) is 62.0 Å². The first-order valence-electron chi connectivity index (χ1n) is 22.4. The number of fused-ring (bicyclic) bond motifs is 3. The summed E-state index contributed by atoms with van der Waals surface area (Å²) in [7, 11) is 1.47. The first-order chi connectivity index (χ1) is 32.2. The molecule has 1 aliphatic heterocycles. The molecule has 0 spiro atoms. The summed E-state index contributed by atoms with van der Waals surface area (Å²) in [6.45, 7) is 4.05. The quantitative estimate of drug-likeness (QED) is 0.0353. The van der Waals surface area contributed by atoms with Gasteiger partial charge in [-0.15, -0.1) is 6.58 Å². The van der Waals surface area contributed by atoms with Gasteiger partial charge in [0.2, 0.25) is 5.79 Å². The summed E-state index contributed by atoms with van der Waals surface area (Å²) in [5.74, 6) is -1.22. The van der Waals surface area contributed by atoms with Crippen LogP contribution < -0.4 is 14.2 Å². The van der Waals surface area contributed by atoms with Crippen molar-refractivity contribution in [1.82, 2.24) is 4.90 Å². The molecule has 6 atom stereocenters. The van der Waals surface area contributed by atoms with Gasteiger partial charge in [0.25, 0.3) is 5.69 Å². The fourth-order valence-corrected chi connectivity index (χ4v) is 10.1. The van der Waals surface area contributed by atoms with Crippen molar-refractivity contribution in [2.45, 2.75) is 69.2 Å². The Morgan fingerprint density at radius 1 is 0.924 bits per heavy atom. The first-order valence-corrected chi connectivity index (χ1v) is 22.4. The summed E-state index contributed by atoms with van der Waals surface area (Å²) in [6.07, 6.45) is 7.35. The van der Waals surface area contributed by atoms with Crippen LogP contribution in [0.2, 0.25) is 0 Å². The lowest BCUT2D eigenvalue weighted by molar-refractivity contribution is -0.384. The Balaban J connectivity index is 1.31. The van der Waals surface area contributed by atoms with Crippen molar-refractivity contribution < 1.29 is 48.1 Å². The number of carbonyl (C=O) groups excluding carboxylic acids is 1. The number of oxime groups is 1. The normalized spacial score (nSPS) is 22.3. The number of aliphatic hydroxyl groups excluding tert-OH is 2. The highest BCUT2D eigenvalue weighted by atomic mass is 19.1. The lowest BCUT2D eigenvalue weighted by Crippen LogP contribution is -2.70. The van der Waals surface area contributed by atoms with E-state index in [2.05, 4.69) is 17.8 Å². The van der Waals surface area contributed by atoms with E-state index in [0.717, 1.165) is 47.6 Å². The average molecular weight is 900 g/mol. The summed E-state index contributed by atoms with van der Waals surface area (Å²) < 4.78 is 41.4. The predicted molar refractivity (Wildman–Crippen MR) is 247 cm³/mol. The van der Waals surface area contributed by atoms with Gasteiger partial charge in [0.15, 0.2) is 0 Å². The number of aliphatic hydroxyl groups is 2. The largest absolute Gasteiger partial charge is 0.459 e. The molecular weight excluding hydrogens is 846 g/mol. The Kier molecular flexibility index (Phi) is 14.4. The van der Waals surface area contributed by atoms with Crippen molar-refractivity contribution in [1.29, 1.82) is 0 Å². The second-order valence-electron chi connectivity index (χ2n) is 16.9. The Morgan fingerprint density at radius 2 is 1.62 bits per heavy atom. The summed E-state index contributed by atoms with van der Waals surface area (Å²) >= 11 is 0. The highest BCUT2D eigenvalue weighted by Gasteiger charge is 2.65. The van der Waals surface area contributed by atoms with Crippen molar-refractivity contribution in [3.8, 4) is 23.0 Å². The highest BCUT2D eigenvalue weighted by molar-refractivity contribution is 6.03. The number of hydrogen-bond donors (Lipinski definition) is 2. The van der Waals surface area contributed by atoms with Crippen molar-refractivity contribution in [2.24, 2.45) is 22.9 Å². The van der Waals surface area contributed by atoms with Crippen LogP contribution in [0.4, 0.5) is 14.9 Å². The number of hydrogen-bond acceptors (Lipinski definition) is 11. The summed E-state index contributed by atoms with van der Waals surface area (Å²) in [5, 5.41) is 38.2. The van der Waals surface area contributed by atoms with Crippen molar-refractivity contribution in [3.63, 3.8) is 0 Å². The molecule has 344 valence electrons. The van der Waals surface area contributed by atoms with Crippen LogP contribution in [-0.2, 0) is 16.1 Å². The minimum absolute atomic E-state index is 0.000589. The fraction of sp³-hybridized carbons (Fsp3) is 0.346. The zero-order valence-electron chi connectivity index (χ0n) is 36.8. The molecule has 14 heteroatoms. The zero-order chi connectivity index (χ0) is 46.2. The van der Waals surface area contributed by atoms with E-state index in [4.69, 9.17) is 23.8 Å². The predicted octanol–water partition coefficient (Wildman–Crippen LogP) is 10.6. The summed E-state index contributed by atoms with van der Waals surface area (Å²) in [6, 6.07) is 29.8. The number of ether oxygens (including phenoxy) is 4. The molecule has 1 fully saturated rings. The molecule has 5 aromatic rings. The van der Waals surface area contributed by atoms with E-state index in [0.29, 0.717) is 41.4 Å². The number of nitro groups is 1. The van der Waals surface area contributed by atoms with E-state index in [1.165, 1.54) is 48.4 Å². The van der Waals surface area contributed by atoms with Crippen LogP contribution in [0.15, 0.2) is 139 Å². The van der Waals surface area contributed by atoms with Gasteiger partial charge >= 0.3 is 6.09 Å². The number of non-ortho nitro benzene ring substituents is 1. The molecule has 1 amide bonds. The van der Waals surface area contributed by atoms with Gasteiger partial charge in [-0.2, -0.15) is 0 Å². The molecule has 3 aliphatic rings. The molecule has 66 heavy (non-hydrogen) atoms. The average Bonchev–Trinajstić information content (AvgIpc) is 3.32. The minimum Gasteiger partial charge on any atom is -0.459 e. The fourth-order valence-electron chi connectivity index (χ4n) is 10.1. The maximum atomic E-state index is 14.9. The second kappa shape index (κ2) is 20.7. The molecule has 2 aliphatic carbocycles. The summed E-state index contributed by atoms with van der Waals surface area (Å²) in [5.41, 5.74) is 2.69. The number of unbranched alkanes of at least 4 members (excludes halogenated alkanes) is 2. The highest BCUT2D eigenvalue weighted by Crippen LogP contribution is 2.62. The molecule has 0 aromatic heterocycles. The minimum atomic E-state index is -1.62. The number of nitro benzene ring substituents is 1. The third kappa shape index (κ3) is 9.67. The van der Waals surface area contributed by atoms with E-state index in [-0.39, 0.29) is 62.0 Å². The molecule has 1 heterocycles. The molecule has 5 aromatic carbocycles. The number of nitrogens with zero attached hydrogens (tertiary/aromatic N) is 3. The van der Waals surface area contributed by atoms with Crippen LogP contribution in [0, 0.1) is 33.7 Å². The van der Waals surface area contributed by atoms with Gasteiger partial charge in [-0.25, -0.2) is 9.18 Å². The topological polar surface area (TPSA) is 162 Å². The standard InChI is InChI=1S/C52H54FN3O10/c1-3-28-63-52-48(55(33-34-14-17-38(53)18-15-34)51(59)65-40-22-19-39(20-23-40)56(60)61)32-46(54-62-2)44-30-37(12-6-8-26-57)43(13-7-9-27-58)49(50(44)52)45-31-42(24-25-47(45)66-52)64-41-21-16-35-10-4-5-11-36(35)29-41/h3-5,10-11,14-25,29-31,37,43,48-50,57-58H,1,6-9,12-13,26-28,32-33H2,2H3/t37-,43+,48-,49+,50+,52+/m0/s1. The number of carbonyl (C=O) groups is 1. The van der Waals surface area contributed by atoms with Crippen LogP contribution >= 0.6 is 0 Å². The Hall–Kier alpha value is -6.61. The van der Waals surface area contributed by atoms with Gasteiger partial charge in [0.05, 0.1) is 23.2 Å². The van der Waals surface area contributed by atoms with Gasteiger partial charge in [-0.3, -0.25) is 15.0 Å². The molecular formula is C52H54FN3O10. The lowest BCUT2D eigenvalue weighted by Gasteiger charge is -2.59.